The van der Waals surface area contributed by atoms with Crippen LogP contribution in [0.4, 0.5) is 0 Å². The van der Waals surface area contributed by atoms with Gasteiger partial charge >= 0.3 is 0 Å². The van der Waals surface area contributed by atoms with Gasteiger partial charge in [-0.3, -0.25) is 11.3 Å². The zero-order chi connectivity index (χ0) is 15.6. The lowest BCUT2D eigenvalue weighted by Gasteiger charge is -2.29. The van der Waals surface area contributed by atoms with Gasteiger partial charge in [0.05, 0.1) is 11.0 Å². The first-order valence-corrected chi connectivity index (χ1v) is 10.5. The molecule has 1 fully saturated rings. The number of hydrogen-bond acceptors (Lipinski definition) is 4. The zero-order valence-corrected chi connectivity index (χ0v) is 14.5. The van der Waals surface area contributed by atoms with E-state index in [1.807, 2.05) is 0 Å². The Labute approximate surface area is 131 Å². The van der Waals surface area contributed by atoms with Gasteiger partial charge in [-0.1, -0.05) is 64.7 Å². The number of nitrogens with two attached hydrogens (primary N) is 1. The van der Waals surface area contributed by atoms with Gasteiger partial charge in [0.2, 0.25) is 0 Å². The van der Waals surface area contributed by atoms with Gasteiger partial charge in [0.15, 0.2) is 9.84 Å². The normalized spacial score (nSPS) is 23.0. The molecule has 3 N–H and O–H groups in total. The second kappa shape index (κ2) is 10.6. The maximum absolute atomic E-state index is 12.1. The first-order chi connectivity index (χ1) is 10.1. The molecule has 0 aromatic carbocycles. The van der Waals surface area contributed by atoms with Gasteiger partial charge in [0.1, 0.15) is 0 Å². The average molecular weight is 319 g/mol. The van der Waals surface area contributed by atoms with Gasteiger partial charge in [-0.25, -0.2) is 8.42 Å². The molecule has 0 aromatic heterocycles. The van der Waals surface area contributed by atoms with E-state index in [9.17, 15) is 8.42 Å². The number of hydrogen-bond donors (Lipinski definition) is 2. The van der Waals surface area contributed by atoms with E-state index in [1.54, 1.807) is 0 Å². The van der Waals surface area contributed by atoms with Crippen molar-refractivity contribution < 1.29 is 8.42 Å². The lowest BCUT2D eigenvalue weighted by atomic mass is 10.0. The summed E-state index contributed by atoms with van der Waals surface area (Å²) in [6.45, 7) is 2.24. The summed E-state index contributed by atoms with van der Waals surface area (Å²) in [5.74, 6) is 5.95. The van der Waals surface area contributed by atoms with Crippen LogP contribution in [0.3, 0.4) is 0 Å². The third kappa shape index (κ3) is 7.11. The Balaban J connectivity index is 2.19. The summed E-state index contributed by atoms with van der Waals surface area (Å²) < 4.78 is 24.2. The number of hydrazine groups is 1. The van der Waals surface area contributed by atoms with Gasteiger partial charge in [0.25, 0.3) is 0 Å². The molecule has 4 nitrogen and oxygen atoms in total. The summed E-state index contributed by atoms with van der Waals surface area (Å²) in [4.78, 5) is 0. The summed E-state index contributed by atoms with van der Waals surface area (Å²) >= 11 is 0. The lowest BCUT2D eigenvalue weighted by Crippen LogP contribution is -2.49. The van der Waals surface area contributed by atoms with E-state index >= 15 is 0 Å². The molecule has 1 saturated heterocycles. The largest absolute Gasteiger partial charge is 0.271 e. The Bertz CT molecular complexity index is 357. The van der Waals surface area contributed by atoms with E-state index in [0.29, 0.717) is 5.75 Å². The highest BCUT2D eigenvalue weighted by atomic mass is 32.2. The van der Waals surface area contributed by atoms with Crippen LogP contribution in [0.25, 0.3) is 0 Å². The van der Waals surface area contributed by atoms with Crippen molar-refractivity contribution in [2.24, 2.45) is 5.84 Å². The highest BCUT2D eigenvalue weighted by Gasteiger charge is 2.34. The van der Waals surface area contributed by atoms with Gasteiger partial charge in [-0.05, 0) is 19.3 Å². The summed E-state index contributed by atoms with van der Waals surface area (Å²) in [7, 11) is -2.94. The fourth-order valence-corrected chi connectivity index (χ4v) is 5.46. The summed E-state index contributed by atoms with van der Waals surface area (Å²) in [5, 5.41) is -0.263. The summed E-state index contributed by atoms with van der Waals surface area (Å²) in [5.41, 5.74) is 2.77. The van der Waals surface area contributed by atoms with Crippen molar-refractivity contribution in [3.8, 4) is 0 Å². The molecule has 1 heterocycles. The SMILES string of the molecule is CCCCCCCCCCC(NN)C1CCCCS1(=O)=O. The van der Waals surface area contributed by atoms with Crippen LogP contribution in [0, 0.1) is 0 Å². The molecule has 1 rings (SSSR count). The number of unbranched alkanes of at least 4 members (excludes halogenated alkanes) is 7. The van der Waals surface area contributed by atoms with Crippen LogP contribution in [0.5, 0.6) is 0 Å². The van der Waals surface area contributed by atoms with Gasteiger partial charge in [-0.15, -0.1) is 0 Å². The van der Waals surface area contributed by atoms with Crippen molar-refractivity contribution in [3.05, 3.63) is 0 Å². The Morgan fingerprint density at radius 3 is 2.24 bits per heavy atom. The van der Waals surface area contributed by atoms with Crippen molar-refractivity contribution in [3.63, 3.8) is 0 Å². The molecule has 0 bridgehead atoms. The fourth-order valence-electron chi connectivity index (χ4n) is 3.31. The quantitative estimate of drug-likeness (QED) is 0.348. The van der Waals surface area contributed by atoms with E-state index in [-0.39, 0.29) is 11.3 Å². The predicted molar refractivity (Wildman–Crippen MR) is 89.8 cm³/mol. The second-order valence-electron chi connectivity index (χ2n) is 6.44. The van der Waals surface area contributed by atoms with Crippen LogP contribution in [-0.4, -0.2) is 25.5 Å². The van der Waals surface area contributed by atoms with Crippen LogP contribution in [0.15, 0.2) is 0 Å². The number of rotatable bonds is 11. The molecule has 0 aromatic rings. The van der Waals surface area contributed by atoms with Crippen molar-refractivity contribution in [1.82, 2.24) is 5.43 Å². The third-order valence-electron chi connectivity index (χ3n) is 4.66. The minimum atomic E-state index is -2.94. The molecule has 21 heavy (non-hydrogen) atoms. The average Bonchev–Trinajstić information content (AvgIpc) is 2.46. The first-order valence-electron chi connectivity index (χ1n) is 8.79. The van der Waals surface area contributed by atoms with E-state index in [4.69, 9.17) is 5.84 Å². The summed E-state index contributed by atoms with van der Waals surface area (Å²) in [6, 6.07) is -0.0598. The van der Waals surface area contributed by atoms with Crippen molar-refractivity contribution in [1.29, 1.82) is 0 Å². The van der Waals surface area contributed by atoms with Gasteiger partial charge < -0.3 is 0 Å². The fraction of sp³-hybridized carbons (Fsp3) is 1.00. The molecule has 1 aliphatic rings. The molecule has 0 spiro atoms. The molecule has 2 unspecified atom stereocenters. The minimum Gasteiger partial charge on any atom is -0.271 e. The van der Waals surface area contributed by atoms with E-state index in [2.05, 4.69) is 12.3 Å². The minimum absolute atomic E-state index is 0.0598. The highest BCUT2D eigenvalue weighted by molar-refractivity contribution is 7.92. The van der Waals surface area contributed by atoms with E-state index in [0.717, 1.165) is 32.1 Å². The third-order valence-corrected chi connectivity index (χ3v) is 7.00. The summed E-state index contributed by atoms with van der Waals surface area (Å²) in [6.07, 6.45) is 13.6. The molecule has 2 atom stereocenters. The van der Waals surface area contributed by atoms with Crippen molar-refractivity contribution in [2.75, 3.05) is 5.75 Å². The molecule has 1 aliphatic heterocycles. The smallest absolute Gasteiger partial charge is 0.154 e. The van der Waals surface area contributed by atoms with Crippen LogP contribution >= 0.6 is 0 Å². The van der Waals surface area contributed by atoms with Crippen LogP contribution in [-0.2, 0) is 9.84 Å². The Hall–Kier alpha value is -0.130. The maximum Gasteiger partial charge on any atom is 0.154 e. The van der Waals surface area contributed by atoms with Gasteiger partial charge in [-0.2, -0.15) is 0 Å². The van der Waals surface area contributed by atoms with E-state index in [1.165, 1.54) is 44.9 Å². The van der Waals surface area contributed by atoms with Crippen molar-refractivity contribution in [2.45, 2.75) is 95.3 Å². The molecular formula is C16H34N2O2S. The molecule has 0 aliphatic carbocycles. The molecular weight excluding hydrogens is 284 g/mol. The zero-order valence-electron chi connectivity index (χ0n) is 13.6. The van der Waals surface area contributed by atoms with E-state index < -0.39 is 9.84 Å². The number of nitrogens with one attached hydrogen (secondary N) is 1. The molecule has 126 valence electrons. The lowest BCUT2D eigenvalue weighted by molar-refractivity contribution is 0.407. The molecule has 0 amide bonds. The van der Waals surface area contributed by atoms with Crippen LogP contribution < -0.4 is 11.3 Å². The molecule has 0 saturated carbocycles. The predicted octanol–water partition coefficient (Wildman–Crippen LogP) is 3.32. The first kappa shape index (κ1) is 18.9. The second-order valence-corrected chi connectivity index (χ2v) is 8.78. The molecule has 5 heteroatoms. The topological polar surface area (TPSA) is 72.2 Å². The Morgan fingerprint density at radius 2 is 1.67 bits per heavy atom. The van der Waals surface area contributed by atoms with Crippen molar-refractivity contribution >= 4 is 9.84 Å². The van der Waals surface area contributed by atoms with Gasteiger partial charge in [0, 0.05) is 6.04 Å². The maximum atomic E-state index is 12.1. The monoisotopic (exact) mass is 318 g/mol. The number of sulfone groups is 1. The standard InChI is InChI=1S/C16H34N2O2S/c1-2-3-4-5-6-7-8-9-12-15(18-17)16-13-10-11-14-21(16,19)20/h15-16,18H,2-14,17H2,1H3. The van der Waals surface area contributed by atoms with Crippen LogP contribution in [0.1, 0.15) is 84.0 Å². The Kier molecular flexibility index (Phi) is 9.52. The Morgan fingerprint density at radius 1 is 1.05 bits per heavy atom. The highest BCUT2D eigenvalue weighted by Crippen LogP contribution is 2.24. The van der Waals surface area contributed by atoms with Crippen LogP contribution in [0.2, 0.25) is 0 Å². The molecule has 0 radical (unpaired) electrons.